The summed E-state index contributed by atoms with van der Waals surface area (Å²) in [7, 11) is 0. The van der Waals surface area contributed by atoms with Crippen LogP contribution in [0.25, 0.3) is 0 Å². The predicted molar refractivity (Wildman–Crippen MR) is 73.4 cm³/mol. The molecule has 0 spiro atoms. The highest BCUT2D eigenvalue weighted by Gasteiger charge is 2.00. The van der Waals surface area contributed by atoms with Gasteiger partial charge in [-0.3, -0.25) is 0 Å². The molecule has 0 atom stereocenters. The lowest BCUT2D eigenvalue weighted by Crippen LogP contribution is -2.12. The number of nitrogens with one attached hydrogen (secondary N) is 1. The normalized spacial score (nSPS) is 10.6. The van der Waals surface area contributed by atoms with Gasteiger partial charge in [0.25, 0.3) is 0 Å². The van der Waals surface area contributed by atoms with E-state index in [1.807, 2.05) is 23.6 Å². The molecule has 2 rings (SSSR count). The summed E-state index contributed by atoms with van der Waals surface area (Å²) in [4.78, 5) is 1.20. The first-order valence-electron chi connectivity index (χ1n) is 5.03. The third-order valence-corrected chi connectivity index (χ3v) is 3.71. The van der Waals surface area contributed by atoms with Gasteiger partial charge in [0, 0.05) is 28.1 Å². The maximum atomic E-state index is 5.81. The Balaban J connectivity index is 1.87. The molecule has 0 aliphatic carbocycles. The van der Waals surface area contributed by atoms with Crippen molar-refractivity contribution >= 4 is 33.0 Å². The molecule has 1 aromatic heterocycles. The van der Waals surface area contributed by atoms with Gasteiger partial charge in [-0.2, -0.15) is 0 Å². The molecule has 1 aromatic carbocycles. The maximum Gasteiger partial charge on any atom is 0.0468 e. The average Bonchev–Trinajstić information content (AvgIpc) is 2.65. The zero-order chi connectivity index (χ0) is 11.4. The van der Waals surface area contributed by atoms with Gasteiger partial charge in [-0.15, -0.1) is 11.3 Å². The Morgan fingerprint density at radius 3 is 2.81 bits per heavy atom. The fourth-order valence-electron chi connectivity index (χ4n) is 1.46. The van der Waals surface area contributed by atoms with E-state index in [4.69, 9.17) is 5.73 Å². The standard InChI is InChI=1S/C12H13BrN2S/c13-10-3-1-2-9(6-10)7-15-8-12-11(14)4-5-16-12/h1-6,15H,7-8,14H2. The fraction of sp³-hybridized carbons (Fsp3) is 0.167. The van der Waals surface area contributed by atoms with Gasteiger partial charge in [0.2, 0.25) is 0 Å². The third-order valence-electron chi connectivity index (χ3n) is 2.28. The summed E-state index contributed by atoms with van der Waals surface area (Å²) in [6.07, 6.45) is 0. The van der Waals surface area contributed by atoms with Crippen LogP contribution < -0.4 is 11.1 Å². The van der Waals surface area contributed by atoms with Gasteiger partial charge in [-0.1, -0.05) is 28.1 Å². The molecular weight excluding hydrogens is 284 g/mol. The molecule has 0 aliphatic rings. The van der Waals surface area contributed by atoms with Crippen LogP contribution in [0.4, 0.5) is 5.69 Å². The summed E-state index contributed by atoms with van der Waals surface area (Å²) in [6.45, 7) is 1.69. The minimum absolute atomic E-state index is 0.829. The lowest BCUT2D eigenvalue weighted by molar-refractivity contribution is 0.702. The second kappa shape index (κ2) is 5.48. The summed E-state index contributed by atoms with van der Waals surface area (Å²) < 4.78 is 1.11. The molecule has 0 amide bonds. The first-order chi connectivity index (χ1) is 7.75. The number of halogens is 1. The quantitative estimate of drug-likeness (QED) is 0.908. The van der Waals surface area contributed by atoms with E-state index in [0.29, 0.717) is 0 Å². The Morgan fingerprint density at radius 1 is 1.25 bits per heavy atom. The van der Waals surface area contributed by atoms with Crippen molar-refractivity contribution in [1.29, 1.82) is 0 Å². The number of nitrogen functional groups attached to an aromatic ring is 1. The van der Waals surface area contributed by atoms with E-state index in [0.717, 1.165) is 23.2 Å². The molecule has 0 radical (unpaired) electrons. The first kappa shape index (κ1) is 11.6. The van der Waals surface area contributed by atoms with E-state index in [1.165, 1.54) is 10.4 Å². The number of anilines is 1. The van der Waals surface area contributed by atoms with Gasteiger partial charge in [0.05, 0.1) is 0 Å². The molecule has 0 unspecified atom stereocenters. The zero-order valence-electron chi connectivity index (χ0n) is 8.74. The van der Waals surface area contributed by atoms with E-state index in [1.54, 1.807) is 11.3 Å². The molecule has 0 bridgehead atoms. The Morgan fingerprint density at radius 2 is 2.12 bits per heavy atom. The molecule has 2 nitrogen and oxygen atoms in total. The van der Waals surface area contributed by atoms with Crippen molar-refractivity contribution in [2.24, 2.45) is 0 Å². The smallest absolute Gasteiger partial charge is 0.0468 e. The van der Waals surface area contributed by atoms with Gasteiger partial charge in [0.15, 0.2) is 0 Å². The van der Waals surface area contributed by atoms with E-state index in [2.05, 4.69) is 33.4 Å². The monoisotopic (exact) mass is 296 g/mol. The SMILES string of the molecule is Nc1ccsc1CNCc1cccc(Br)c1. The number of rotatable bonds is 4. The van der Waals surface area contributed by atoms with Crippen LogP contribution in [-0.4, -0.2) is 0 Å². The molecule has 1 heterocycles. The molecule has 84 valence electrons. The van der Waals surface area contributed by atoms with Crippen molar-refractivity contribution in [3.63, 3.8) is 0 Å². The number of hydrogen-bond donors (Lipinski definition) is 2. The van der Waals surface area contributed by atoms with Crippen LogP contribution in [0.3, 0.4) is 0 Å². The second-order valence-corrected chi connectivity index (χ2v) is 5.45. The second-order valence-electron chi connectivity index (χ2n) is 3.53. The number of nitrogens with two attached hydrogens (primary N) is 1. The van der Waals surface area contributed by atoms with Crippen molar-refractivity contribution in [2.75, 3.05) is 5.73 Å². The summed E-state index contributed by atoms with van der Waals surface area (Å²) in [6, 6.07) is 10.2. The lowest BCUT2D eigenvalue weighted by atomic mass is 10.2. The van der Waals surface area contributed by atoms with Gasteiger partial charge in [0.1, 0.15) is 0 Å². The zero-order valence-corrected chi connectivity index (χ0v) is 11.1. The molecule has 3 N–H and O–H groups in total. The van der Waals surface area contributed by atoms with E-state index in [9.17, 15) is 0 Å². The Labute approximate surface area is 108 Å². The van der Waals surface area contributed by atoms with Crippen LogP contribution in [0.1, 0.15) is 10.4 Å². The minimum atomic E-state index is 0.829. The predicted octanol–water partition coefficient (Wildman–Crippen LogP) is 3.38. The maximum absolute atomic E-state index is 5.81. The van der Waals surface area contributed by atoms with Gasteiger partial charge >= 0.3 is 0 Å². The van der Waals surface area contributed by atoms with Crippen molar-refractivity contribution in [3.05, 3.63) is 50.6 Å². The molecule has 16 heavy (non-hydrogen) atoms. The van der Waals surface area contributed by atoms with Gasteiger partial charge in [-0.25, -0.2) is 0 Å². The largest absolute Gasteiger partial charge is 0.398 e. The molecule has 0 aliphatic heterocycles. The van der Waals surface area contributed by atoms with Crippen LogP contribution in [-0.2, 0) is 13.1 Å². The average molecular weight is 297 g/mol. The molecule has 0 saturated carbocycles. The first-order valence-corrected chi connectivity index (χ1v) is 6.70. The number of thiophene rings is 1. The van der Waals surface area contributed by atoms with Crippen LogP contribution in [0.15, 0.2) is 40.2 Å². The highest BCUT2D eigenvalue weighted by atomic mass is 79.9. The van der Waals surface area contributed by atoms with Crippen molar-refractivity contribution in [1.82, 2.24) is 5.32 Å². The van der Waals surface area contributed by atoms with Gasteiger partial charge < -0.3 is 11.1 Å². The highest BCUT2D eigenvalue weighted by molar-refractivity contribution is 9.10. The molecule has 0 saturated heterocycles. The molecule has 2 aromatic rings. The van der Waals surface area contributed by atoms with E-state index < -0.39 is 0 Å². The fourth-order valence-corrected chi connectivity index (χ4v) is 2.68. The molecular formula is C12H13BrN2S. The Hall–Kier alpha value is -0.840. The van der Waals surface area contributed by atoms with Crippen molar-refractivity contribution in [3.8, 4) is 0 Å². The molecule has 0 fully saturated rings. The number of benzene rings is 1. The summed E-state index contributed by atoms with van der Waals surface area (Å²) >= 11 is 5.15. The highest BCUT2D eigenvalue weighted by Crippen LogP contribution is 2.18. The lowest BCUT2D eigenvalue weighted by Gasteiger charge is -2.04. The Kier molecular flexibility index (Phi) is 3.98. The van der Waals surface area contributed by atoms with Crippen LogP contribution in [0, 0.1) is 0 Å². The summed E-state index contributed by atoms with van der Waals surface area (Å²) in [5, 5.41) is 5.40. The van der Waals surface area contributed by atoms with Crippen LogP contribution >= 0.6 is 27.3 Å². The summed E-state index contributed by atoms with van der Waals surface area (Å²) in [5.41, 5.74) is 7.96. The van der Waals surface area contributed by atoms with Crippen LogP contribution in [0.2, 0.25) is 0 Å². The number of hydrogen-bond acceptors (Lipinski definition) is 3. The topological polar surface area (TPSA) is 38.0 Å². The van der Waals surface area contributed by atoms with Crippen molar-refractivity contribution < 1.29 is 0 Å². The third kappa shape index (κ3) is 3.07. The summed E-state index contributed by atoms with van der Waals surface area (Å²) in [5.74, 6) is 0. The molecule has 4 heteroatoms. The van der Waals surface area contributed by atoms with Crippen molar-refractivity contribution in [2.45, 2.75) is 13.1 Å². The van der Waals surface area contributed by atoms with Crippen LogP contribution in [0.5, 0.6) is 0 Å². The van der Waals surface area contributed by atoms with Gasteiger partial charge in [-0.05, 0) is 29.1 Å². The Bertz CT molecular complexity index is 468. The van der Waals surface area contributed by atoms with E-state index >= 15 is 0 Å². The van der Waals surface area contributed by atoms with E-state index in [-0.39, 0.29) is 0 Å². The minimum Gasteiger partial charge on any atom is -0.398 e.